The number of nitrogens with one attached hydrogen (secondary N) is 2. The van der Waals surface area contributed by atoms with Gasteiger partial charge in [-0.3, -0.25) is 15.0 Å². The van der Waals surface area contributed by atoms with E-state index in [9.17, 15) is 14.4 Å². The van der Waals surface area contributed by atoms with E-state index >= 15 is 0 Å². The van der Waals surface area contributed by atoms with Crippen molar-refractivity contribution in [3.63, 3.8) is 0 Å². The molecule has 0 saturated carbocycles. The number of benzene rings is 1. The number of nitrogens with zero attached hydrogens (tertiary/aromatic N) is 3. The Balaban J connectivity index is 1.28. The van der Waals surface area contributed by atoms with Crippen LogP contribution in [-0.2, 0) is 28.0 Å². The molecule has 176 valence electrons. The van der Waals surface area contributed by atoms with Crippen molar-refractivity contribution in [2.75, 3.05) is 11.5 Å². The third-order valence-electron chi connectivity index (χ3n) is 6.28. The first-order chi connectivity index (χ1) is 16.4. The molecule has 1 aliphatic carbocycles. The fourth-order valence-electron chi connectivity index (χ4n) is 4.56. The number of amides is 4. The molecule has 3 aromatic rings. The lowest BCUT2D eigenvalue weighted by atomic mass is 9.87. The summed E-state index contributed by atoms with van der Waals surface area (Å²) in [6.45, 7) is 1.81. The van der Waals surface area contributed by atoms with Gasteiger partial charge >= 0.3 is 6.03 Å². The molecule has 2 aliphatic rings. The van der Waals surface area contributed by atoms with Crippen molar-refractivity contribution >= 4 is 57.0 Å². The molecule has 5 rings (SSSR count). The van der Waals surface area contributed by atoms with Gasteiger partial charge in [0.2, 0.25) is 5.91 Å². The van der Waals surface area contributed by atoms with E-state index in [1.54, 1.807) is 35.6 Å². The molecular formula is C23H24N6O3S2. The lowest BCUT2D eigenvalue weighted by molar-refractivity contribution is -0.138. The number of aryl methyl sites for hydroxylation is 2. The van der Waals surface area contributed by atoms with Crippen molar-refractivity contribution in [1.82, 2.24) is 25.7 Å². The molecule has 11 heteroatoms. The number of aromatic nitrogens is 2. The molecule has 0 spiro atoms. The van der Waals surface area contributed by atoms with Crippen LogP contribution < -0.4 is 16.5 Å². The SMILES string of the molecule is CCC1(c2ccccc2)NC(=O)N(NC(=O)CSc2nc(N)c3c4c(sc3n2)CCCC4)C1=O. The number of thiophene rings is 1. The van der Waals surface area contributed by atoms with Crippen LogP contribution in [0.4, 0.5) is 10.6 Å². The van der Waals surface area contributed by atoms with Crippen LogP contribution >= 0.6 is 23.1 Å². The second kappa shape index (κ2) is 8.88. The fraction of sp³-hybridized carbons (Fsp3) is 0.348. The lowest BCUT2D eigenvalue weighted by Crippen LogP contribution is -2.49. The van der Waals surface area contributed by atoms with Gasteiger partial charge in [0.15, 0.2) is 5.16 Å². The quantitative estimate of drug-likeness (QED) is 0.271. The normalized spacial score (nSPS) is 19.9. The van der Waals surface area contributed by atoms with Crippen molar-refractivity contribution in [2.45, 2.75) is 49.7 Å². The van der Waals surface area contributed by atoms with Gasteiger partial charge in [-0.2, -0.15) is 5.01 Å². The van der Waals surface area contributed by atoms with E-state index in [0.29, 0.717) is 23.0 Å². The highest BCUT2D eigenvalue weighted by Gasteiger charge is 2.52. The number of carbonyl (C=O) groups is 3. The summed E-state index contributed by atoms with van der Waals surface area (Å²) in [5.41, 5.74) is 9.38. The van der Waals surface area contributed by atoms with Gasteiger partial charge in [-0.1, -0.05) is 49.0 Å². The largest absolute Gasteiger partial charge is 0.383 e. The maximum Gasteiger partial charge on any atom is 0.344 e. The van der Waals surface area contributed by atoms with E-state index < -0.39 is 23.4 Å². The average molecular weight is 497 g/mol. The second-order valence-electron chi connectivity index (χ2n) is 8.30. The van der Waals surface area contributed by atoms with Gasteiger partial charge in [-0.25, -0.2) is 14.8 Å². The highest BCUT2D eigenvalue weighted by molar-refractivity contribution is 7.99. The van der Waals surface area contributed by atoms with Crippen LogP contribution in [0.25, 0.3) is 10.2 Å². The van der Waals surface area contributed by atoms with Crippen LogP contribution in [0.1, 0.15) is 42.2 Å². The summed E-state index contributed by atoms with van der Waals surface area (Å²) in [5.74, 6) is -0.675. The van der Waals surface area contributed by atoms with E-state index in [2.05, 4.69) is 20.7 Å². The molecule has 0 bridgehead atoms. The van der Waals surface area contributed by atoms with Gasteiger partial charge in [0.1, 0.15) is 16.2 Å². The summed E-state index contributed by atoms with van der Waals surface area (Å²) < 4.78 is 0. The van der Waals surface area contributed by atoms with Crippen molar-refractivity contribution in [3.05, 3.63) is 46.3 Å². The molecule has 3 heterocycles. The molecule has 9 nitrogen and oxygen atoms in total. The zero-order chi connectivity index (χ0) is 23.9. The van der Waals surface area contributed by atoms with Crippen LogP contribution in [0, 0.1) is 0 Å². The van der Waals surface area contributed by atoms with E-state index in [1.165, 1.54) is 16.9 Å². The summed E-state index contributed by atoms with van der Waals surface area (Å²) in [6.07, 6.45) is 4.68. The van der Waals surface area contributed by atoms with Gasteiger partial charge in [0.05, 0.1) is 11.1 Å². The third-order valence-corrected chi connectivity index (χ3v) is 8.31. The number of anilines is 1. The molecule has 1 saturated heterocycles. The maximum absolute atomic E-state index is 13.1. The number of hydrogen-bond acceptors (Lipinski definition) is 8. The van der Waals surface area contributed by atoms with E-state index in [4.69, 9.17) is 5.73 Å². The predicted molar refractivity (Wildman–Crippen MR) is 131 cm³/mol. The van der Waals surface area contributed by atoms with E-state index in [1.807, 2.05) is 13.0 Å². The number of imide groups is 1. The molecule has 1 atom stereocenters. The number of carbonyl (C=O) groups excluding carboxylic acids is 3. The summed E-state index contributed by atoms with van der Waals surface area (Å²) in [7, 11) is 0. The van der Waals surface area contributed by atoms with E-state index in [-0.39, 0.29) is 5.75 Å². The highest BCUT2D eigenvalue weighted by atomic mass is 32.2. The molecule has 2 aromatic heterocycles. The number of hydrazine groups is 1. The Labute approximate surface area is 204 Å². The molecule has 34 heavy (non-hydrogen) atoms. The lowest BCUT2D eigenvalue weighted by Gasteiger charge is -2.25. The number of rotatable bonds is 6. The first-order valence-corrected chi connectivity index (χ1v) is 13.0. The Kier molecular flexibility index (Phi) is 5.90. The molecule has 4 amide bonds. The summed E-state index contributed by atoms with van der Waals surface area (Å²) in [4.78, 5) is 49.5. The number of thioether (sulfide) groups is 1. The molecule has 1 unspecified atom stereocenters. The topological polar surface area (TPSA) is 130 Å². The van der Waals surface area contributed by atoms with Gasteiger partial charge in [-0.05, 0) is 43.2 Å². The van der Waals surface area contributed by atoms with Crippen molar-refractivity contribution in [2.24, 2.45) is 0 Å². The highest BCUT2D eigenvalue weighted by Crippen LogP contribution is 2.38. The second-order valence-corrected chi connectivity index (χ2v) is 10.3. The first kappa shape index (κ1) is 22.6. The Bertz CT molecular complexity index is 1290. The molecule has 1 aromatic carbocycles. The summed E-state index contributed by atoms with van der Waals surface area (Å²) in [5, 5.41) is 4.82. The Morgan fingerprint density at radius 2 is 2.00 bits per heavy atom. The Morgan fingerprint density at radius 3 is 2.76 bits per heavy atom. The summed E-state index contributed by atoms with van der Waals surface area (Å²) >= 11 is 2.75. The standard InChI is InChI=1S/C23H24N6O3S2/c1-2-23(13-8-4-3-5-9-13)20(31)29(22(32)27-23)28-16(30)12-33-21-25-18(24)17-14-10-6-7-11-15(14)34-19(17)26-21/h3-5,8-9H,2,6-7,10-12H2,1H3,(H,27,32)(H,28,30)(H2,24,25,26). The van der Waals surface area contributed by atoms with Crippen LogP contribution in [-0.4, -0.2) is 38.6 Å². The number of urea groups is 1. The monoisotopic (exact) mass is 496 g/mol. The third kappa shape index (κ3) is 3.78. The predicted octanol–water partition coefficient (Wildman–Crippen LogP) is 3.13. The van der Waals surface area contributed by atoms with Gasteiger partial charge in [0, 0.05) is 4.88 Å². The van der Waals surface area contributed by atoms with Gasteiger partial charge in [0.25, 0.3) is 5.91 Å². The molecular weight excluding hydrogens is 472 g/mol. The number of fused-ring (bicyclic) bond motifs is 3. The van der Waals surface area contributed by atoms with Crippen molar-refractivity contribution in [3.8, 4) is 0 Å². The van der Waals surface area contributed by atoms with Crippen LogP contribution in [0.2, 0.25) is 0 Å². The minimum Gasteiger partial charge on any atom is -0.383 e. The number of hydrogen-bond donors (Lipinski definition) is 3. The molecule has 1 fully saturated rings. The van der Waals surface area contributed by atoms with Gasteiger partial charge in [-0.15, -0.1) is 11.3 Å². The minimum absolute atomic E-state index is 0.0719. The number of nitrogen functional groups attached to an aromatic ring is 1. The maximum atomic E-state index is 13.1. The van der Waals surface area contributed by atoms with Crippen LogP contribution in [0.5, 0.6) is 0 Å². The van der Waals surface area contributed by atoms with E-state index in [0.717, 1.165) is 46.2 Å². The molecule has 4 N–H and O–H groups in total. The number of nitrogens with two attached hydrogens (primary N) is 1. The van der Waals surface area contributed by atoms with Crippen LogP contribution in [0.3, 0.4) is 0 Å². The Hall–Kier alpha value is -3.18. The smallest absolute Gasteiger partial charge is 0.344 e. The first-order valence-electron chi connectivity index (χ1n) is 11.1. The van der Waals surface area contributed by atoms with Crippen LogP contribution in [0.15, 0.2) is 35.5 Å². The average Bonchev–Trinajstić information content (AvgIpc) is 3.34. The van der Waals surface area contributed by atoms with Crippen molar-refractivity contribution < 1.29 is 14.4 Å². The summed E-state index contributed by atoms with van der Waals surface area (Å²) in [6, 6.07) is 8.34. The van der Waals surface area contributed by atoms with Gasteiger partial charge < -0.3 is 11.1 Å². The minimum atomic E-state index is -1.21. The zero-order valence-electron chi connectivity index (χ0n) is 18.6. The molecule has 1 aliphatic heterocycles. The Morgan fingerprint density at radius 1 is 1.24 bits per heavy atom. The van der Waals surface area contributed by atoms with Crippen molar-refractivity contribution in [1.29, 1.82) is 0 Å². The zero-order valence-corrected chi connectivity index (χ0v) is 20.2. The fourth-order valence-corrected chi connectivity index (χ4v) is 6.53. The molecule has 0 radical (unpaired) electrons.